The first-order valence-electron chi connectivity index (χ1n) is 13.3. The molecular weight excluding hydrogens is 481 g/mol. The smallest absolute Gasteiger partial charge is 0.322 e. The summed E-state index contributed by atoms with van der Waals surface area (Å²) in [4.78, 5) is 17.6. The zero-order valence-electron chi connectivity index (χ0n) is 23.0. The second-order valence-corrected chi connectivity index (χ2v) is 9.35. The molecule has 0 saturated heterocycles. The summed E-state index contributed by atoms with van der Waals surface area (Å²) in [6.45, 7) is 10.2. The Hall–Kier alpha value is -3.58. The van der Waals surface area contributed by atoms with E-state index in [0.29, 0.717) is 30.3 Å². The van der Waals surface area contributed by atoms with E-state index in [-0.39, 0.29) is 12.1 Å². The van der Waals surface area contributed by atoms with Crippen LogP contribution < -0.4 is 14.8 Å². The van der Waals surface area contributed by atoms with Crippen molar-refractivity contribution in [2.75, 3.05) is 32.1 Å². The monoisotopic (exact) mass is 521 g/mol. The number of amides is 2. The highest BCUT2D eigenvalue weighted by Crippen LogP contribution is 2.30. The lowest BCUT2D eigenvalue weighted by Crippen LogP contribution is -2.41. The number of urea groups is 1. The molecule has 0 aliphatic carbocycles. The molecule has 0 radical (unpaired) electrons. The molecule has 0 aliphatic rings. The van der Waals surface area contributed by atoms with Crippen LogP contribution in [0.5, 0.6) is 11.5 Å². The molecule has 0 fully saturated rings. The van der Waals surface area contributed by atoms with Crippen LogP contribution in [0, 0.1) is 5.82 Å². The Morgan fingerprint density at radius 3 is 2.39 bits per heavy atom. The Bertz CT molecular complexity index is 1140. The summed E-state index contributed by atoms with van der Waals surface area (Å²) in [5.41, 5.74) is 2.41. The second-order valence-electron chi connectivity index (χ2n) is 9.35. The van der Waals surface area contributed by atoms with Crippen LogP contribution in [-0.4, -0.2) is 48.6 Å². The van der Waals surface area contributed by atoms with E-state index in [2.05, 4.69) is 31.0 Å². The van der Waals surface area contributed by atoms with Gasteiger partial charge in [-0.1, -0.05) is 56.3 Å². The second kappa shape index (κ2) is 15.0. The van der Waals surface area contributed by atoms with E-state index >= 15 is 0 Å². The number of carbonyl (C=O) groups is 1. The average molecular weight is 522 g/mol. The van der Waals surface area contributed by atoms with E-state index in [1.807, 2.05) is 48.5 Å². The lowest BCUT2D eigenvalue weighted by atomic mass is 10.1. The van der Waals surface area contributed by atoms with Gasteiger partial charge in [-0.2, -0.15) is 0 Å². The Kier molecular flexibility index (Phi) is 11.4. The molecule has 0 bridgehead atoms. The van der Waals surface area contributed by atoms with Crippen LogP contribution in [0.2, 0.25) is 0 Å². The Morgan fingerprint density at radius 1 is 0.947 bits per heavy atom. The molecule has 204 valence electrons. The average Bonchev–Trinajstić information content (AvgIpc) is 2.93. The van der Waals surface area contributed by atoms with Crippen LogP contribution >= 0.6 is 0 Å². The SMILES string of the molecule is CCN(CC)CCCC(C)N(Cc1ccc(OCc2ccccc2)c(OC)c1)C(=O)Nc1cccc(F)c1. The standard InChI is InChI=1S/C31H40FN3O3/c1-5-34(6-2)19-11-12-24(3)35(31(36)33-28-16-10-15-27(32)21-28)22-26-17-18-29(30(20-26)37-4)38-23-25-13-8-7-9-14-25/h7-10,13-18,20-21,24H,5-6,11-12,19,22-23H2,1-4H3,(H,33,36). The number of halogens is 1. The van der Waals surface area contributed by atoms with Gasteiger partial charge in [0.15, 0.2) is 11.5 Å². The third-order valence-electron chi connectivity index (χ3n) is 6.68. The van der Waals surface area contributed by atoms with E-state index in [4.69, 9.17) is 9.47 Å². The maximum atomic E-state index is 13.7. The third kappa shape index (κ3) is 8.77. The van der Waals surface area contributed by atoms with Crippen LogP contribution in [0.4, 0.5) is 14.9 Å². The molecule has 0 heterocycles. The largest absolute Gasteiger partial charge is 0.493 e. The van der Waals surface area contributed by atoms with Crippen LogP contribution in [-0.2, 0) is 13.2 Å². The van der Waals surface area contributed by atoms with Crippen LogP contribution in [0.25, 0.3) is 0 Å². The van der Waals surface area contributed by atoms with Crippen LogP contribution in [0.15, 0.2) is 72.8 Å². The Morgan fingerprint density at radius 2 is 1.71 bits per heavy atom. The van der Waals surface area contributed by atoms with Gasteiger partial charge in [0.1, 0.15) is 12.4 Å². The molecule has 6 nitrogen and oxygen atoms in total. The predicted molar refractivity (Wildman–Crippen MR) is 151 cm³/mol. The number of methoxy groups -OCH3 is 1. The molecule has 1 unspecified atom stereocenters. The molecule has 0 aromatic heterocycles. The number of ether oxygens (including phenoxy) is 2. The molecule has 0 spiro atoms. The number of nitrogens with zero attached hydrogens (tertiary/aromatic N) is 2. The highest BCUT2D eigenvalue weighted by molar-refractivity contribution is 5.89. The molecule has 1 atom stereocenters. The van der Waals surface area contributed by atoms with Crippen molar-refractivity contribution >= 4 is 11.7 Å². The summed E-state index contributed by atoms with van der Waals surface area (Å²) in [6, 6.07) is 21.3. The van der Waals surface area contributed by atoms with Crippen molar-refractivity contribution in [1.82, 2.24) is 9.80 Å². The summed E-state index contributed by atoms with van der Waals surface area (Å²) in [6.07, 6.45) is 1.82. The third-order valence-corrected chi connectivity index (χ3v) is 6.68. The lowest BCUT2D eigenvalue weighted by molar-refractivity contribution is 0.180. The predicted octanol–water partition coefficient (Wildman–Crippen LogP) is 6.96. The van der Waals surface area contributed by atoms with Gasteiger partial charge in [-0.05, 0) is 80.9 Å². The number of benzene rings is 3. The number of hydrogen-bond donors (Lipinski definition) is 1. The molecular formula is C31H40FN3O3. The molecule has 2 amide bonds. The van der Waals surface area contributed by atoms with Gasteiger partial charge in [0.2, 0.25) is 0 Å². The van der Waals surface area contributed by atoms with Crippen molar-refractivity contribution in [1.29, 1.82) is 0 Å². The van der Waals surface area contributed by atoms with Crippen molar-refractivity contribution in [3.05, 3.63) is 89.7 Å². The maximum Gasteiger partial charge on any atom is 0.322 e. The molecule has 3 aromatic carbocycles. The number of rotatable bonds is 14. The molecule has 7 heteroatoms. The minimum absolute atomic E-state index is 0.0286. The molecule has 3 rings (SSSR count). The minimum atomic E-state index is -0.391. The van der Waals surface area contributed by atoms with Gasteiger partial charge in [0, 0.05) is 18.3 Å². The summed E-state index contributed by atoms with van der Waals surface area (Å²) < 4.78 is 25.3. The van der Waals surface area contributed by atoms with Gasteiger partial charge in [0.05, 0.1) is 7.11 Å². The van der Waals surface area contributed by atoms with Crippen molar-refractivity contribution in [2.45, 2.75) is 52.8 Å². The fraction of sp³-hybridized carbons (Fsp3) is 0.387. The van der Waals surface area contributed by atoms with Gasteiger partial charge in [-0.25, -0.2) is 9.18 Å². The molecule has 1 N–H and O–H groups in total. The van der Waals surface area contributed by atoms with E-state index in [1.165, 1.54) is 12.1 Å². The zero-order chi connectivity index (χ0) is 27.3. The molecule has 0 saturated carbocycles. The first-order chi connectivity index (χ1) is 18.4. The minimum Gasteiger partial charge on any atom is -0.493 e. The lowest BCUT2D eigenvalue weighted by Gasteiger charge is -2.30. The van der Waals surface area contributed by atoms with Crippen molar-refractivity contribution < 1.29 is 18.7 Å². The van der Waals surface area contributed by atoms with E-state index in [0.717, 1.165) is 43.6 Å². The van der Waals surface area contributed by atoms with E-state index in [1.54, 1.807) is 24.1 Å². The van der Waals surface area contributed by atoms with Gasteiger partial charge in [-0.15, -0.1) is 0 Å². The number of hydrogen-bond acceptors (Lipinski definition) is 4. The zero-order valence-corrected chi connectivity index (χ0v) is 23.0. The topological polar surface area (TPSA) is 54.0 Å². The molecule has 38 heavy (non-hydrogen) atoms. The fourth-order valence-corrected chi connectivity index (χ4v) is 4.36. The first-order valence-corrected chi connectivity index (χ1v) is 13.3. The Balaban J connectivity index is 1.74. The van der Waals surface area contributed by atoms with Gasteiger partial charge < -0.3 is 24.6 Å². The first kappa shape index (κ1) is 29.0. The van der Waals surface area contributed by atoms with Gasteiger partial charge in [0.25, 0.3) is 0 Å². The number of anilines is 1. The summed E-state index contributed by atoms with van der Waals surface area (Å²) >= 11 is 0. The van der Waals surface area contributed by atoms with Gasteiger partial charge >= 0.3 is 6.03 Å². The highest BCUT2D eigenvalue weighted by atomic mass is 19.1. The summed E-state index contributed by atoms with van der Waals surface area (Å²) in [5.74, 6) is 0.860. The maximum absolute atomic E-state index is 13.7. The van der Waals surface area contributed by atoms with E-state index in [9.17, 15) is 9.18 Å². The number of nitrogens with one attached hydrogen (secondary N) is 1. The quantitative estimate of drug-likeness (QED) is 0.249. The molecule has 3 aromatic rings. The van der Waals surface area contributed by atoms with Crippen molar-refractivity contribution in [3.8, 4) is 11.5 Å². The summed E-state index contributed by atoms with van der Waals surface area (Å²) in [5, 5.41) is 2.86. The highest BCUT2D eigenvalue weighted by Gasteiger charge is 2.22. The Labute approximate surface area is 226 Å². The van der Waals surface area contributed by atoms with Crippen LogP contribution in [0.1, 0.15) is 44.7 Å². The van der Waals surface area contributed by atoms with Crippen molar-refractivity contribution in [2.24, 2.45) is 0 Å². The fourth-order valence-electron chi connectivity index (χ4n) is 4.36. The van der Waals surface area contributed by atoms with E-state index < -0.39 is 5.82 Å². The van der Waals surface area contributed by atoms with Crippen LogP contribution in [0.3, 0.4) is 0 Å². The molecule has 0 aliphatic heterocycles. The van der Waals surface area contributed by atoms with Gasteiger partial charge in [-0.3, -0.25) is 0 Å². The number of carbonyl (C=O) groups excluding carboxylic acids is 1. The van der Waals surface area contributed by atoms with Crippen molar-refractivity contribution in [3.63, 3.8) is 0 Å². The normalized spacial score (nSPS) is 11.7. The summed E-state index contributed by atoms with van der Waals surface area (Å²) in [7, 11) is 1.61.